The number of aromatic nitrogens is 3. The van der Waals surface area contributed by atoms with E-state index in [9.17, 15) is 19.5 Å². The molecule has 0 bridgehead atoms. The smallest absolute Gasteiger partial charge is 0.274 e. The first kappa shape index (κ1) is 22.6. The van der Waals surface area contributed by atoms with Crippen molar-refractivity contribution in [3.8, 4) is 5.82 Å². The minimum absolute atomic E-state index is 0.0929. The normalized spacial score (nSPS) is 10.6. The number of amides is 2. The van der Waals surface area contributed by atoms with Gasteiger partial charge in [-0.3, -0.25) is 14.4 Å². The molecule has 2 heterocycles. The highest BCUT2D eigenvalue weighted by molar-refractivity contribution is 9.10. The zero-order valence-corrected chi connectivity index (χ0v) is 18.6. The number of aliphatic hydroxyl groups excluding tert-OH is 1. The van der Waals surface area contributed by atoms with Gasteiger partial charge in [-0.25, -0.2) is 9.67 Å². The Morgan fingerprint density at radius 1 is 1.19 bits per heavy atom. The summed E-state index contributed by atoms with van der Waals surface area (Å²) in [5.74, 6) is -1.15. The number of pyridine rings is 1. The van der Waals surface area contributed by atoms with E-state index in [4.69, 9.17) is 11.6 Å². The first-order chi connectivity index (χ1) is 14.8. The minimum atomic E-state index is -0.610. The summed E-state index contributed by atoms with van der Waals surface area (Å²) in [6.07, 6.45) is 1.51. The summed E-state index contributed by atoms with van der Waals surface area (Å²) in [7, 11) is 0. The van der Waals surface area contributed by atoms with Gasteiger partial charge < -0.3 is 15.7 Å². The Balaban J connectivity index is 1.99. The van der Waals surface area contributed by atoms with Crippen molar-refractivity contribution in [3.63, 3.8) is 0 Å². The molecular weight excluding hydrogens is 490 g/mol. The third-order valence-corrected chi connectivity index (χ3v) is 4.84. The number of carbonyl (C=O) groups excluding carboxylic acids is 3. The fourth-order valence-electron chi connectivity index (χ4n) is 2.75. The standard InChI is InChI=1S/C20H17BrClN5O4/c1-11(29)9-24-19(30)13-5-2-4-12(10-28)17(13)25-20(31)15-8-16(21)26-27(15)18-14(22)6-3-7-23-18/h2-8,28H,9-10H2,1H3,(H,24,30)(H,25,31). The number of halogens is 2. The zero-order chi connectivity index (χ0) is 22.5. The molecule has 3 aromatic rings. The molecule has 3 rings (SSSR count). The fourth-order valence-corrected chi connectivity index (χ4v) is 3.33. The molecule has 0 radical (unpaired) electrons. The van der Waals surface area contributed by atoms with Gasteiger partial charge in [0.05, 0.1) is 29.4 Å². The molecular formula is C20H17BrClN5O4. The van der Waals surface area contributed by atoms with Crippen LogP contribution in [0.15, 0.2) is 47.2 Å². The second-order valence-corrected chi connectivity index (χ2v) is 7.63. The van der Waals surface area contributed by atoms with E-state index in [1.54, 1.807) is 24.3 Å². The summed E-state index contributed by atoms with van der Waals surface area (Å²) in [6, 6.07) is 9.34. The van der Waals surface area contributed by atoms with Crippen LogP contribution in [0.1, 0.15) is 33.3 Å². The lowest BCUT2D eigenvalue weighted by molar-refractivity contribution is -0.116. The zero-order valence-electron chi connectivity index (χ0n) is 16.2. The maximum Gasteiger partial charge on any atom is 0.274 e. The average Bonchev–Trinajstić information content (AvgIpc) is 3.14. The monoisotopic (exact) mass is 505 g/mol. The quantitative estimate of drug-likeness (QED) is 0.452. The number of Topliss-reactive ketones (excluding diaryl/α,β-unsaturated/α-hetero) is 1. The van der Waals surface area contributed by atoms with Gasteiger partial charge in [0.15, 0.2) is 5.82 Å². The molecule has 11 heteroatoms. The molecule has 0 aliphatic heterocycles. The number of anilines is 1. The number of benzene rings is 1. The lowest BCUT2D eigenvalue weighted by atomic mass is 10.1. The number of aliphatic hydroxyl groups is 1. The van der Waals surface area contributed by atoms with Gasteiger partial charge in [0, 0.05) is 17.8 Å². The molecule has 0 spiro atoms. The van der Waals surface area contributed by atoms with Crippen molar-refractivity contribution in [2.24, 2.45) is 0 Å². The van der Waals surface area contributed by atoms with E-state index in [0.29, 0.717) is 10.2 Å². The number of hydrogen-bond donors (Lipinski definition) is 3. The summed E-state index contributed by atoms with van der Waals surface area (Å²) in [5.41, 5.74) is 0.634. The molecule has 160 valence electrons. The van der Waals surface area contributed by atoms with Gasteiger partial charge in [0.1, 0.15) is 16.1 Å². The van der Waals surface area contributed by atoms with Crippen LogP contribution in [0.3, 0.4) is 0 Å². The van der Waals surface area contributed by atoms with Crippen LogP contribution in [0.2, 0.25) is 5.02 Å². The van der Waals surface area contributed by atoms with Crippen LogP contribution in [-0.4, -0.2) is 44.0 Å². The molecule has 0 fully saturated rings. The average molecular weight is 507 g/mol. The third-order valence-electron chi connectivity index (χ3n) is 4.15. The Bertz CT molecular complexity index is 1160. The second kappa shape index (κ2) is 9.82. The second-order valence-electron chi connectivity index (χ2n) is 6.41. The van der Waals surface area contributed by atoms with Crippen LogP contribution in [-0.2, 0) is 11.4 Å². The van der Waals surface area contributed by atoms with Gasteiger partial charge in [-0.05, 0) is 41.1 Å². The summed E-state index contributed by atoms with van der Waals surface area (Å²) in [5, 5.41) is 19.3. The molecule has 0 saturated heterocycles. The van der Waals surface area contributed by atoms with Crippen molar-refractivity contribution in [2.45, 2.75) is 13.5 Å². The number of para-hydroxylation sites is 1. The van der Waals surface area contributed by atoms with Crippen LogP contribution in [0.25, 0.3) is 5.82 Å². The van der Waals surface area contributed by atoms with Crippen LogP contribution < -0.4 is 10.6 Å². The van der Waals surface area contributed by atoms with E-state index in [0.717, 1.165) is 0 Å². The maximum absolute atomic E-state index is 13.1. The van der Waals surface area contributed by atoms with Gasteiger partial charge in [-0.1, -0.05) is 23.7 Å². The summed E-state index contributed by atoms with van der Waals surface area (Å²) in [6.45, 7) is 0.765. The number of nitrogens with zero attached hydrogens (tertiary/aromatic N) is 3. The third kappa shape index (κ3) is 5.16. The van der Waals surface area contributed by atoms with E-state index < -0.39 is 18.4 Å². The number of hydrogen-bond acceptors (Lipinski definition) is 6. The van der Waals surface area contributed by atoms with Crippen molar-refractivity contribution in [1.82, 2.24) is 20.1 Å². The van der Waals surface area contributed by atoms with E-state index in [1.165, 1.54) is 29.9 Å². The van der Waals surface area contributed by atoms with E-state index in [-0.39, 0.29) is 40.1 Å². The molecule has 2 amide bonds. The Hall–Kier alpha value is -3.08. The molecule has 9 nitrogen and oxygen atoms in total. The Morgan fingerprint density at radius 3 is 2.65 bits per heavy atom. The maximum atomic E-state index is 13.1. The summed E-state index contributed by atoms with van der Waals surface area (Å²) >= 11 is 9.44. The molecule has 1 aromatic carbocycles. The van der Waals surface area contributed by atoms with Gasteiger partial charge in [-0.2, -0.15) is 5.10 Å². The van der Waals surface area contributed by atoms with Gasteiger partial charge in [-0.15, -0.1) is 0 Å². The highest BCUT2D eigenvalue weighted by Gasteiger charge is 2.22. The predicted molar refractivity (Wildman–Crippen MR) is 117 cm³/mol. The molecule has 0 atom stereocenters. The lowest BCUT2D eigenvalue weighted by Crippen LogP contribution is -2.30. The Morgan fingerprint density at radius 2 is 1.97 bits per heavy atom. The molecule has 3 N–H and O–H groups in total. The Kier molecular flexibility index (Phi) is 7.16. The van der Waals surface area contributed by atoms with Crippen molar-refractivity contribution in [3.05, 3.63) is 69.0 Å². The van der Waals surface area contributed by atoms with Gasteiger partial charge in [0.25, 0.3) is 11.8 Å². The number of carbonyl (C=O) groups is 3. The predicted octanol–water partition coefficient (Wildman–Crippen LogP) is 2.75. The van der Waals surface area contributed by atoms with E-state index >= 15 is 0 Å². The van der Waals surface area contributed by atoms with Crippen LogP contribution in [0.5, 0.6) is 0 Å². The fraction of sp³-hybridized carbons (Fsp3) is 0.150. The van der Waals surface area contributed by atoms with Crippen molar-refractivity contribution >= 4 is 50.8 Å². The summed E-state index contributed by atoms with van der Waals surface area (Å²) < 4.78 is 1.63. The molecule has 2 aromatic heterocycles. The van der Waals surface area contributed by atoms with Gasteiger partial charge in [0.2, 0.25) is 0 Å². The van der Waals surface area contributed by atoms with Crippen LogP contribution in [0, 0.1) is 0 Å². The van der Waals surface area contributed by atoms with Crippen molar-refractivity contribution in [2.75, 3.05) is 11.9 Å². The molecule has 31 heavy (non-hydrogen) atoms. The van der Waals surface area contributed by atoms with E-state index in [2.05, 4.69) is 36.6 Å². The number of rotatable bonds is 7. The molecule has 0 saturated carbocycles. The topological polar surface area (TPSA) is 126 Å². The Labute approximate surface area is 190 Å². The SMILES string of the molecule is CC(=O)CNC(=O)c1cccc(CO)c1NC(=O)c1cc(Br)nn1-c1ncccc1Cl. The van der Waals surface area contributed by atoms with Crippen LogP contribution in [0.4, 0.5) is 5.69 Å². The van der Waals surface area contributed by atoms with Crippen molar-refractivity contribution in [1.29, 1.82) is 0 Å². The van der Waals surface area contributed by atoms with Crippen molar-refractivity contribution < 1.29 is 19.5 Å². The van der Waals surface area contributed by atoms with Crippen LogP contribution >= 0.6 is 27.5 Å². The highest BCUT2D eigenvalue weighted by atomic mass is 79.9. The molecule has 0 aliphatic carbocycles. The lowest BCUT2D eigenvalue weighted by Gasteiger charge is -2.15. The number of ketones is 1. The van der Waals surface area contributed by atoms with E-state index in [1.807, 2.05) is 0 Å². The highest BCUT2D eigenvalue weighted by Crippen LogP contribution is 2.25. The number of nitrogens with one attached hydrogen (secondary N) is 2. The first-order valence-corrected chi connectivity index (χ1v) is 10.2. The summed E-state index contributed by atoms with van der Waals surface area (Å²) in [4.78, 5) is 41.0. The first-order valence-electron chi connectivity index (χ1n) is 9.00. The molecule has 0 unspecified atom stereocenters. The molecule has 0 aliphatic rings. The minimum Gasteiger partial charge on any atom is -0.392 e. The largest absolute Gasteiger partial charge is 0.392 e. The van der Waals surface area contributed by atoms with Gasteiger partial charge >= 0.3 is 0 Å².